The van der Waals surface area contributed by atoms with Crippen molar-refractivity contribution in [2.75, 3.05) is 32.0 Å². The van der Waals surface area contributed by atoms with E-state index in [0.29, 0.717) is 13.0 Å². The van der Waals surface area contributed by atoms with E-state index in [4.69, 9.17) is 5.73 Å². The van der Waals surface area contributed by atoms with Gasteiger partial charge in [0.25, 0.3) is 0 Å². The van der Waals surface area contributed by atoms with Crippen LogP contribution in [0.25, 0.3) is 0 Å². The first kappa shape index (κ1) is 12.7. The molecule has 0 spiro atoms. The van der Waals surface area contributed by atoms with Crippen LogP contribution in [0.3, 0.4) is 0 Å². The zero-order valence-corrected chi connectivity index (χ0v) is 9.65. The Hall–Kier alpha value is -1.39. The van der Waals surface area contributed by atoms with Crippen molar-refractivity contribution in [3.63, 3.8) is 0 Å². The van der Waals surface area contributed by atoms with Gasteiger partial charge in [-0.2, -0.15) is 0 Å². The number of hydrogen-bond acceptors (Lipinski definition) is 3. The van der Waals surface area contributed by atoms with E-state index in [9.17, 15) is 4.79 Å². The predicted molar refractivity (Wildman–Crippen MR) is 66.2 cm³/mol. The maximum Gasteiger partial charge on any atom is 0.225 e. The number of rotatable bonds is 6. The molecule has 0 unspecified atom stereocenters. The van der Waals surface area contributed by atoms with Gasteiger partial charge in [-0.25, -0.2) is 0 Å². The Balaban J connectivity index is 2.26. The molecule has 1 aromatic rings. The topological polar surface area (TPSA) is 58.4 Å². The Kier molecular flexibility index (Phi) is 5.53. The Morgan fingerprint density at radius 1 is 1.31 bits per heavy atom. The highest BCUT2D eigenvalue weighted by atomic mass is 16.1. The molecule has 0 aliphatic rings. The smallest absolute Gasteiger partial charge is 0.225 e. The molecule has 88 valence electrons. The molecule has 0 aliphatic carbocycles. The van der Waals surface area contributed by atoms with Crippen LogP contribution in [0.1, 0.15) is 6.42 Å². The Morgan fingerprint density at radius 2 is 2.00 bits per heavy atom. The standard InChI is InChI=1S/C12H19N3O/c1-15(10-8-13)9-7-12(16)14-11-5-3-2-4-6-11/h2-6H,7-10,13H2,1H3,(H,14,16). The summed E-state index contributed by atoms with van der Waals surface area (Å²) in [6.45, 7) is 2.17. The number of para-hydroxylation sites is 1. The number of likely N-dealkylation sites (N-methyl/N-ethyl adjacent to an activating group) is 1. The molecule has 3 N–H and O–H groups in total. The van der Waals surface area contributed by atoms with E-state index < -0.39 is 0 Å². The van der Waals surface area contributed by atoms with Crippen LogP contribution in [0.15, 0.2) is 30.3 Å². The van der Waals surface area contributed by atoms with E-state index in [1.54, 1.807) is 0 Å². The number of nitrogens with one attached hydrogen (secondary N) is 1. The lowest BCUT2D eigenvalue weighted by molar-refractivity contribution is -0.116. The highest BCUT2D eigenvalue weighted by Crippen LogP contribution is 2.05. The summed E-state index contributed by atoms with van der Waals surface area (Å²) in [7, 11) is 1.96. The summed E-state index contributed by atoms with van der Waals surface area (Å²) in [5, 5.41) is 2.84. The van der Waals surface area contributed by atoms with Crippen LogP contribution in [0, 0.1) is 0 Å². The molecule has 4 nitrogen and oxygen atoms in total. The normalized spacial score (nSPS) is 10.4. The number of carbonyl (C=O) groups excluding carboxylic acids is 1. The first-order valence-electron chi connectivity index (χ1n) is 5.46. The third-order valence-corrected chi connectivity index (χ3v) is 2.29. The monoisotopic (exact) mass is 221 g/mol. The first-order chi connectivity index (χ1) is 7.72. The van der Waals surface area contributed by atoms with Gasteiger partial charge in [-0.15, -0.1) is 0 Å². The van der Waals surface area contributed by atoms with Crippen molar-refractivity contribution in [1.29, 1.82) is 0 Å². The lowest BCUT2D eigenvalue weighted by Crippen LogP contribution is -2.28. The molecule has 1 amide bonds. The zero-order chi connectivity index (χ0) is 11.8. The van der Waals surface area contributed by atoms with Crippen LogP contribution in [0.5, 0.6) is 0 Å². The van der Waals surface area contributed by atoms with Gasteiger partial charge in [-0.1, -0.05) is 18.2 Å². The fourth-order valence-corrected chi connectivity index (χ4v) is 1.37. The van der Waals surface area contributed by atoms with Crippen LogP contribution in [-0.2, 0) is 4.79 Å². The minimum Gasteiger partial charge on any atom is -0.329 e. The van der Waals surface area contributed by atoms with Gasteiger partial charge < -0.3 is 16.0 Å². The van der Waals surface area contributed by atoms with Gasteiger partial charge in [0.15, 0.2) is 0 Å². The van der Waals surface area contributed by atoms with Crippen molar-refractivity contribution >= 4 is 11.6 Å². The quantitative estimate of drug-likeness (QED) is 0.750. The van der Waals surface area contributed by atoms with Gasteiger partial charge >= 0.3 is 0 Å². The molecule has 0 heterocycles. The molecule has 0 fully saturated rings. The molecule has 0 saturated carbocycles. The second kappa shape index (κ2) is 6.98. The fraction of sp³-hybridized carbons (Fsp3) is 0.417. The molecule has 1 aromatic carbocycles. The van der Waals surface area contributed by atoms with Gasteiger partial charge in [0.2, 0.25) is 5.91 Å². The molecule has 4 heteroatoms. The average molecular weight is 221 g/mol. The number of benzene rings is 1. The summed E-state index contributed by atoms with van der Waals surface area (Å²) in [6.07, 6.45) is 0.491. The molecular formula is C12H19N3O. The molecule has 0 atom stereocenters. The molecule has 0 radical (unpaired) electrons. The third kappa shape index (κ3) is 4.91. The van der Waals surface area contributed by atoms with Crippen LogP contribution in [-0.4, -0.2) is 37.5 Å². The predicted octanol–water partition coefficient (Wildman–Crippen LogP) is 0.906. The minimum atomic E-state index is 0.0371. The van der Waals surface area contributed by atoms with E-state index in [-0.39, 0.29) is 5.91 Å². The number of anilines is 1. The first-order valence-corrected chi connectivity index (χ1v) is 5.46. The highest BCUT2D eigenvalue weighted by Gasteiger charge is 2.03. The van der Waals surface area contributed by atoms with Gasteiger partial charge in [-0.3, -0.25) is 4.79 Å². The zero-order valence-electron chi connectivity index (χ0n) is 9.65. The van der Waals surface area contributed by atoms with Crippen LogP contribution < -0.4 is 11.1 Å². The number of nitrogens with two attached hydrogens (primary N) is 1. The van der Waals surface area contributed by atoms with Gasteiger partial charge in [0.05, 0.1) is 0 Å². The minimum absolute atomic E-state index is 0.0371. The number of amides is 1. The summed E-state index contributed by atoms with van der Waals surface area (Å²) in [5.74, 6) is 0.0371. The fourth-order valence-electron chi connectivity index (χ4n) is 1.37. The SMILES string of the molecule is CN(CCN)CCC(=O)Nc1ccccc1. The van der Waals surface area contributed by atoms with E-state index >= 15 is 0 Å². The maximum absolute atomic E-state index is 11.6. The lowest BCUT2D eigenvalue weighted by atomic mass is 10.3. The maximum atomic E-state index is 11.6. The number of carbonyl (C=O) groups is 1. The number of nitrogens with zero attached hydrogens (tertiary/aromatic N) is 1. The third-order valence-electron chi connectivity index (χ3n) is 2.29. The van der Waals surface area contributed by atoms with Crippen molar-refractivity contribution in [3.8, 4) is 0 Å². The van der Waals surface area contributed by atoms with Crippen molar-refractivity contribution in [2.24, 2.45) is 5.73 Å². The largest absolute Gasteiger partial charge is 0.329 e. The van der Waals surface area contributed by atoms with Crippen molar-refractivity contribution in [1.82, 2.24) is 4.90 Å². The summed E-state index contributed by atoms with van der Waals surface area (Å²) < 4.78 is 0. The Labute approximate surface area is 96.4 Å². The van der Waals surface area contributed by atoms with Crippen molar-refractivity contribution < 1.29 is 4.79 Å². The summed E-state index contributed by atoms with van der Waals surface area (Å²) in [6, 6.07) is 9.47. The van der Waals surface area contributed by atoms with Gasteiger partial charge in [0, 0.05) is 31.7 Å². The summed E-state index contributed by atoms with van der Waals surface area (Å²) in [5.41, 5.74) is 6.26. The van der Waals surface area contributed by atoms with Crippen LogP contribution >= 0.6 is 0 Å². The molecule has 0 bridgehead atoms. The van der Waals surface area contributed by atoms with Crippen molar-refractivity contribution in [3.05, 3.63) is 30.3 Å². The summed E-state index contributed by atoms with van der Waals surface area (Å²) in [4.78, 5) is 13.6. The second-order valence-corrected chi connectivity index (χ2v) is 3.76. The molecule has 16 heavy (non-hydrogen) atoms. The second-order valence-electron chi connectivity index (χ2n) is 3.76. The number of hydrogen-bond donors (Lipinski definition) is 2. The summed E-state index contributed by atoms with van der Waals surface area (Å²) >= 11 is 0. The van der Waals surface area contributed by atoms with E-state index in [2.05, 4.69) is 5.32 Å². The highest BCUT2D eigenvalue weighted by molar-refractivity contribution is 5.90. The van der Waals surface area contributed by atoms with E-state index in [1.807, 2.05) is 42.3 Å². The molecular weight excluding hydrogens is 202 g/mol. The molecule has 0 aliphatic heterocycles. The Morgan fingerprint density at radius 3 is 2.62 bits per heavy atom. The lowest BCUT2D eigenvalue weighted by Gasteiger charge is -2.14. The molecule has 0 saturated heterocycles. The van der Waals surface area contributed by atoms with Gasteiger partial charge in [0.1, 0.15) is 0 Å². The van der Waals surface area contributed by atoms with Crippen molar-refractivity contribution in [2.45, 2.75) is 6.42 Å². The van der Waals surface area contributed by atoms with Gasteiger partial charge in [-0.05, 0) is 19.2 Å². The molecule has 0 aromatic heterocycles. The average Bonchev–Trinajstić information content (AvgIpc) is 2.28. The van der Waals surface area contributed by atoms with Crippen LogP contribution in [0.2, 0.25) is 0 Å². The van der Waals surface area contributed by atoms with E-state index in [0.717, 1.165) is 18.8 Å². The Bertz CT molecular complexity index is 313. The van der Waals surface area contributed by atoms with Crippen LogP contribution in [0.4, 0.5) is 5.69 Å². The van der Waals surface area contributed by atoms with E-state index in [1.165, 1.54) is 0 Å². The molecule has 1 rings (SSSR count).